The number of primary amides is 1. The highest BCUT2D eigenvalue weighted by molar-refractivity contribution is 7.18. The average Bonchev–Trinajstić information content (AvgIpc) is 2.79. The Morgan fingerprint density at radius 1 is 1.52 bits per heavy atom. The summed E-state index contributed by atoms with van der Waals surface area (Å²) in [5, 5.41) is 8.90. The number of carbonyl (C=O) groups excluding carboxylic acids is 1. The van der Waals surface area contributed by atoms with E-state index in [1.54, 1.807) is 11.3 Å². The maximum atomic E-state index is 12.6. The Balaban J connectivity index is 1.96. The molecular weight excluding hydrogens is 288 g/mol. The average molecular weight is 306 g/mol. The van der Waals surface area contributed by atoms with E-state index < -0.39 is 0 Å². The lowest BCUT2D eigenvalue weighted by atomic mass is 9.89. The first-order valence-electron chi connectivity index (χ1n) is 7.22. The molecule has 0 saturated carbocycles. The standard InChI is InChI=1S/C14H18N4O2S/c1-8-4-5-9-10(7-8)21-13-12(9)14(20)18(17-16-13)6-2-3-11(15)19/h8H,2-7H2,1H3,(H2,15,19). The molecule has 0 radical (unpaired) electrons. The number of hydrogen-bond acceptors (Lipinski definition) is 5. The van der Waals surface area contributed by atoms with Gasteiger partial charge in [0.25, 0.3) is 5.56 Å². The van der Waals surface area contributed by atoms with Crippen LogP contribution in [0.25, 0.3) is 10.2 Å². The molecule has 1 atom stereocenters. The van der Waals surface area contributed by atoms with Gasteiger partial charge in [-0.15, -0.1) is 16.4 Å². The van der Waals surface area contributed by atoms with Crippen molar-refractivity contribution in [3.8, 4) is 0 Å². The number of aromatic nitrogens is 3. The minimum Gasteiger partial charge on any atom is -0.370 e. The molecule has 0 aliphatic heterocycles. The zero-order valence-electron chi connectivity index (χ0n) is 12.0. The molecule has 2 aromatic heterocycles. The van der Waals surface area contributed by atoms with E-state index in [4.69, 9.17) is 5.73 Å². The van der Waals surface area contributed by atoms with Gasteiger partial charge in [-0.1, -0.05) is 12.1 Å². The summed E-state index contributed by atoms with van der Waals surface area (Å²) < 4.78 is 1.36. The van der Waals surface area contributed by atoms with E-state index in [1.807, 2.05) is 0 Å². The third-order valence-corrected chi connectivity index (χ3v) is 5.12. The van der Waals surface area contributed by atoms with E-state index in [1.165, 1.54) is 9.56 Å². The van der Waals surface area contributed by atoms with Crippen LogP contribution in [-0.4, -0.2) is 20.9 Å². The molecule has 1 aliphatic rings. The number of thiophene rings is 1. The van der Waals surface area contributed by atoms with Crippen LogP contribution >= 0.6 is 11.3 Å². The summed E-state index contributed by atoms with van der Waals surface area (Å²) in [7, 11) is 0. The second-order valence-electron chi connectivity index (χ2n) is 5.72. The Bertz CT molecular complexity index is 749. The predicted octanol–water partition coefficient (Wildman–Crippen LogP) is 1.24. The van der Waals surface area contributed by atoms with E-state index in [2.05, 4.69) is 17.2 Å². The SMILES string of the molecule is CC1CCc2c(sc3nnn(CCCC(N)=O)c(=O)c23)C1. The molecule has 1 amide bonds. The van der Waals surface area contributed by atoms with Gasteiger partial charge in [-0.3, -0.25) is 9.59 Å². The largest absolute Gasteiger partial charge is 0.370 e. The molecule has 7 heteroatoms. The monoisotopic (exact) mass is 306 g/mol. The number of amides is 1. The Labute approximate surface area is 126 Å². The van der Waals surface area contributed by atoms with Crippen LogP contribution in [0, 0.1) is 5.92 Å². The summed E-state index contributed by atoms with van der Waals surface area (Å²) in [5.74, 6) is 0.301. The molecular formula is C14H18N4O2S. The Kier molecular flexibility index (Phi) is 3.75. The highest BCUT2D eigenvalue weighted by Crippen LogP contribution is 2.35. The van der Waals surface area contributed by atoms with Crippen molar-refractivity contribution in [1.82, 2.24) is 15.0 Å². The molecule has 2 N–H and O–H groups in total. The van der Waals surface area contributed by atoms with Crippen molar-refractivity contribution in [2.75, 3.05) is 0 Å². The first-order valence-corrected chi connectivity index (χ1v) is 8.04. The molecule has 1 aliphatic carbocycles. The third-order valence-electron chi connectivity index (χ3n) is 3.98. The topological polar surface area (TPSA) is 90.9 Å². The summed E-state index contributed by atoms with van der Waals surface area (Å²) in [4.78, 5) is 25.4. The lowest BCUT2D eigenvalue weighted by Crippen LogP contribution is -2.25. The van der Waals surface area contributed by atoms with Crippen LogP contribution in [0.2, 0.25) is 0 Å². The van der Waals surface area contributed by atoms with Crippen LogP contribution in [0.4, 0.5) is 0 Å². The lowest BCUT2D eigenvalue weighted by molar-refractivity contribution is -0.118. The number of nitrogens with zero attached hydrogens (tertiary/aromatic N) is 3. The van der Waals surface area contributed by atoms with Crippen molar-refractivity contribution >= 4 is 27.5 Å². The Morgan fingerprint density at radius 2 is 2.33 bits per heavy atom. The molecule has 112 valence electrons. The van der Waals surface area contributed by atoms with Crippen molar-refractivity contribution in [3.05, 3.63) is 20.8 Å². The van der Waals surface area contributed by atoms with Crippen LogP contribution in [0.5, 0.6) is 0 Å². The summed E-state index contributed by atoms with van der Waals surface area (Å²) in [6, 6.07) is 0. The molecule has 1 unspecified atom stereocenters. The maximum absolute atomic E-state index is 12.6. The van der Waals surface area contributed by atoms with Crippen LogP contribution in [0.3, 0.4) is 0 Å². The second kappa shape index (κ2) is 5.55. The molecule has 2 heterocycles. The fourth-order valence-corrected chi connectivity index (χ4v) is 4.16. The van der Waals surface area contributed by atoms with E-state index >= 15 is 0 Å². The van der Waals surface area contributed by atoms with Crippen molar-refractivity contribution in [1.29, 1.82) is 0 Å². The van der Waals surface area contributed by atoms with Gasteiger partial charge in [0.1, 0.15) is 0 Å². The summed E-state index contributed by atoms with van der Waals surface area (Å²) in [6.45, 7) is 2.62. The van der Waals surface area contributed by atoms with Gasteiger partial charge in [0, 0.05) is 17.8 Å². The number of hydrogen-bond donors (Lipinski definition) is 1. The van der Waals surface area contributed by atoms with Gasteiger partial charge in [0.05, 0.1) is 5.39 Å². The van der Waals surface area contributed by atoms with Crippen LogP contribution in [0.15, 0.2) is 4.79 Å². The zero-order valence-corrected chi connectivity index (χ0v) is 12.8. The molecule has 0 bridgehead atoms. The fourth-order valence-electron chi connectivity index (χ4n) is 2.84. The predicted molar refractivity (Wildman–Crippen MR) is 81.3 cm³/mol. The van der Waals surface area contributed by atoms with Gasteiger partial charge in [-0.05, 0) is 37.2 Å². The van der Waals surface area contributed by atoms with Crippen LogP contribution in [-0.2, 0) is 24.2 Å². The summed E-state index contributed by atoms with van der Waals surface area (Å²) in [6.07, 6.45) is 3.85. The zero-order chi connectivity index (χ0) is 15.0. The van der Waals surface area contributed by atoms with Crippen molar-refractivity contribution < 1.29 is 4.79 Å². The van der Waals surface area contributed by atoms with Gasteiger partial charge in [-0.25, -0.2) is 4.68 Å². The molecule has 3 rings (SSSR count). The van der Waals surface area contributed by atoms with Gasteiger partial charge >= 0.3 is 0 Å². The molecule has 0 aromatic carbocycles. The first-order chi connectivity index (χ1) is 10.1. The number of nitrogens with two attached hydrogens (primary N) is 1. The minimum atomic E-state index is -0.362. The lowest BCUT2D eigenvalue weighted by Gasteiger charge is -2.17. The van der Waals surface area contributed by atoms with Gasteiger partial charge in [0.15, 0.2) is 4.83 Å². The van der Waals surface area contributed by atoms with E-state index in [0.717, 1.165) is 35.0 Å². The van der Waals surface area contributed by atoms with Crippen molar-refractivity contribution in [2.45, 2.75) is 45.6 Å². The van der Waals surface area contributed by atoms with Crippen LogP contribution in [0.1, 0.15) is 36.6 Å². The molecule has 0 fully saturated rings. The van der Waals surface area contributed by atoms with Gasteiger partial charge < -0.3 is 5.73 Å². The summed E-state index contributed by atoms with van der Waals surface area (Å²) in [5.41, 5.74) is 6.19. The highest BCUT2D eigenvalue weighted by atomic mass is 32.1. The molecule has 2 aromatic rings. The minimum absolute atomic E-state index is 0.0866. The van der Waals surface area contributed by atoms with Gasteiger partial charge in [0.2, 0.25) is 5.91 Å². The van der Waals surface area contributed by atoms with Gasteiger partial charge in [-0.2, -0.15) is 0 Å². The van der Waals surface area contributed by atoms with E-state index in [9.17, 15) is 9.59 Å². The molecule has 0 saturated heterocycles. The maximum Gasteiger partial charge on any atom is 0.278 e. The molecule has 6 nitrogen and oxygen atoms in total. The van der Waals surface area contributed by atoms with E-state index in [-0.39, 0.29) is 17.9 Å². The Hall–Kier alpha value is -1.76. The highest BCUT2D eigenvalue weighted by Gasteiger charge is 2.23. The molecule has 21 heavy (non-hydrogen) atoms. The van der Waals surface area contributed by atoms with E-state index in [0.29, 0.717) is 18.9 Å². The van der Waals surface area contributed by atoms with Crippen molar-refractivity contribution in [2.24, 2.45) is 11.7 Å². The third kappa shape index (κ3) is 2.70. The number of rotatable bonds is 4. The van der Waals surface area contributed by atoms with Crippen LogP contribution < -0.4 is 11.3 Å². The quantitative estimate of drug-likeness (QED) is 0.920. The van der Waals surface area contributed by atoms with Crippen molar-refractivity contribution in [3.63, 3.8) is 0 Å². The number of carbonyl (C=O) groups is 1. The Morgan fingerprint density at radius 3 is 3.10 bits per heavy atom. The first kappa shape index (κ1) is 14.2. The fraction of sp³-hybridized carbons (Fsp3) is 0.571. The number of aryl methyl sites for hydroxylation is 2. The number of fused-ring (bicyclic) bond motifs is 3. The summed E-state index contributed by atoms with van der Waals surface area (Å²) >= 11 is 1.59. The normalized spacial score (nSPS) is 17.9. The second-order valence-corrected chi connectivity index (χ2v) is 6.80. The molecule has 0 spiro atoms. The smallest absolute Gasteiger partial charge is 0.278 e.